The van der Waals surface area contributed by atoms with Gasteiger partial charge in [0.05, 0.1) is 0 Å². The molecule has 0 heterocycles. The van der Waals surface area contributed by atoms with Crippen molar-refractivity contribution in [3.8, 4) is 0 Å². The van der Waals surface area contributed by atoms with Gasteiger partial charge in [-0.25, -0.2) is 0 Å². The number of guanidine groups is 4. The summed E-state index contributed by atoms with van der Waals surface area (Å²) in [6, 6.07) is 0. The van der Waals surface area contributed by atoms with Gasteiger partial charge in [0.1, 0.15) is 0 Å². The Kier molecular flexibility index (Phi) is 7.96. The molecule has 0 aromatic carbocycles. The Labute approximate surface area is 149 Å². The van der Waals surface area contributed by atoms with Crippen LogP contribution in [0.4, 0.5) is 0 Å². The third-order valence-corrected chi connectivity index (χ3v) is 4.76. The van der Waals surface area contributed by atoms with E-state index in [0.29, 0.717) is 11.8 Å². The van der Waals surface area contributed by atoms with Crippen LogP contribution in [0.5, 0.6) is 0 Å². The van der Waals surface area contributed by atoms with Crippen molar-refractivity contribution in [3.63, 3.8) is 0 Å². The highest BCUT2D eigenvalue weighted by Gasteiger charge is 2.27. The summed E-state index contributed by atoms with van der Waals surface area (Å²) in [7, 11) is 3.65. The first-order valence-corrected chi connectivity index (χ1v) is 8.52. The lowest BCUT2D eigenvalue weighted by atomic mass is 9.90. The summed E-state index contributed by atoms with van der Waals surface area (Å²) in [6.07, 6.45) is 5.60. The molecule has 0 saturated heterocycles. The van der Waals surface area contributed by atoms with E-state index in [1.165, 1.54) is 19.3 Å². The topological polar surface area (TPSA) is 178 Å². The molecule has 1 aliphatic carbocycles. The Balaban J connectivity index is 2.38. The summed E-state index contributed by atoms with van der Waals surface area (Å²) < 4.78 is 0. The van der Waals surface area contributed by atoms with Crippen molar-refractivity contribution in [3.05, 3.63) is 0 Å². The summed E-state index contributed by atoms with van der Waals surface area (Å²) >= 11 is 0. The highest BCUT2D eigenvalue weighted by Crippen LogP contribution is 2.36. The van der Waals surface area contributed by atoms with Gasteiger partial charge >= 0.3 is 0 Å². The number of rotatable bonds is 6. The van der Waals surface area contributed by atoms with Crippen LogP contribution in [0.3, 0.4) is 0 Å². The zero-order valence-corrected chi connectivity index (χ0v) is 15.2. The first-order valence-electron chi connectivity index (χ1n) is 8.52. The maximum Gasteiger partial charge on any atom is 0.197 e. The van der Waals surface area contributed by atoms with E-state index in [9.17, 15) is 0 Å². The fourth-order valence-corrected chi connectivity index (χ4v) is 3.26. The number of nitrogens with zero attached hydrogens (tertiary/aromatic N) is 2. The number of nitrogens with one attached hydrogen (secondary N) is 6. The Morgan fingerprint density at radius 3 is 1.52 bits per heavy atom. The molecule has 1 rings (SSSR count). The molecular weight excluding hydrogens is 320 g/mol. The molecule has 0 bridgehead atoms. The predicted molar refractivity (Wildman–Crippen MR) is 101 cm³/mol. The predicted octanol–water partition coefficient (Wildman–Crippen LogP) is -0.118. The normalized spacial score (nSPS) is 19.1. The highest BCUT2D eigenvalue weighted by molar-refractivity contribution is 5.95. The van der Waals surface area contributed by atoms with Gasteiger partial charge in [-0.15, -0.1) is 0 Å². The van der Waals surface area contributed by atoms with Gasteiger partial charge in [-0.3, -0.25) is 32.3 Å². The quantitative estimate of drug-likeness (QED) is 0.244. The molecule has 0 aromatic heterocycles. The molecule has 0 aliphatic heterocycles. The third kappa shape index (κ3) is 7.27. The lowest BCUT2D eigenvalue weighted by Crippen LogP contribution is -2.45. The molecule has 10 heteroatoms. The highest BCUT2D eigenvalue weighted by atomic mass is 15.3. The molecule has 0 spiro atoms. The standard InChI is InChI=1S/C15H32N10/c1-24(14(20)22-12(16)17)8-6-10-4-3-5-11(10)7-9-25(2)15(21)23-13(18)19/h10-11H,3-9H2,1-2H3,(H5,16,17,20,22)(H5,18,19,21,23). The van der Waals surface area contributed by atoms with Gasteiger partial charge < -0.3 is 21.3 Å². The van der Waals surface area contributed by atoms with Crippen LogP contribution in [-0.4, -0.2) is 60.8 Å². The molecule has 25 heavy (non-hydrogen) atoms. The van der Waals surface area contributed by atoms with E-state index < -0.39 is 0 Å². The van der Waals surface area contributed by atoms with Crippen LogP contribution in [0.25, 0.3) is 0 Å². The van der Waals surface area contributed by atoms with Crippen molar-refractivity contribution in [1.29, 1.82) is 21.6 Å². The van der Waals surface area contributed by atoms with Crippen LogP contribution in [-0.2, 0) is 0 Å². The van der Waals surface area contributed by atoms with E-state index in [-0.39, 0.29) is 23.8 Å². The summed E-state index contributed by atoms with van der Waals surface area (Å²) in [6.45, 7) is 1.50. The smallest absolute Gasteiger partial charge is 0.197 e. The molecule has 0 aromatic rings. The Morgan fingerprint density at radius 1 is 0.840 bits per heavy atom. The Hall–Kier alpha value is -2.52. The molecular formula is C15H32N10. The number of hydrogen-bond acceptors (Lipinski definition) is 4. The summed E-state index contributed by atoms with van der Waals surface area (Å²) in [5.74, 6) is 1.06. The Bertz CT molecular complexity index is 459. The van der Waals surface area contributed by atoms with Crippen molar-refractivity contribution < 1.29 is 0 Å². The molecule has 2 unspecified atom stereocenters. The van der Waals surface area contributed by atoms with Gasteiger partial charge in [0, 0.05) is 27.2 Å². The van der Waals surface area contributed by atoms with Crippen LogP contribution in [0, 0.1) is 33.5 Å². The van der Waals surface area contributed by atoms with Gasteiger partial charge in [-0.1, -0.05) is 19.3 Å². The van der Waals surface area contributed by atoms with Gasteiger partial charge in [0.15, 0.2) is 23.8 Å². The largest absolute Gasteiger partial charge is 0.370 e. The minimum atomic E-state index is -0.222. The zero-order chi connectivity index (χ0) is 19.0. The van der Waals surface area contributed by atoms with E-state index in [2.05, 4.69) is 10.6 Å². The zero-order valence-electron chi connectivity index (χ0n) is 15.2. The third-order valence-electron chi connectivity index (χ3n) is 4.76. The van der Waals surface area contributed by atoms with Crippen molar-refractivity contribution >= 4 is 23.8 Å². The second-order valence-electron chi connectivity index (χ2n) is 6.65. The average Bonchev–Trinajstić information content (AvgIpc) is 2.96. The van der Waals surface area contributed by atoms with E-state index in [0.717, 1.165) is 25.9 Å². The Morgan fingerprint density at radius 2 is 1.20 bits per heavy atom. The molecule has 10 N–H and O–H groups in total. The summed E-state index contributed by atoms with van der Waals surface area (Å²) in [5.41, 5.74) is 10.5. The van der Waals surface area contributed by atoms with E-state index in [1.807, 2.05) is 14.1 Å². The molecule has 1 fully saturated rings. The molecule has 10 nitrogen and oxygen atoms in total. The molecule has 0 radical (unpaired) electrons. The first-order chi connectivity index (χ1) is 11.7. The maximum atomic E-state index is 7.82. The summed E-state index contributed by atoms with van der Waals surface area (Å²) in [4.78, 5) is 3.55. The maximum absolute atomic E-state index is 7.82. The lowest BCUT2D eigenvalue weighted by Gasteiger charge is -2.27. The molecule has 1 aliphatic rings. The fourth-order valence-electron chi connectivity index (χ4n) is 3.26. The van der Waals surface area contributed by atoms with Crippen LogP contribution < -0.4 is 22.1 Å². The minimum absolute atomic E-state index is 0.144. The second kappa shape index (κ2) is 9.70. The molecule has 142 valence electrons. The molecule has 0 amide bonds. The second-order valence-corrected chi connectivity index (χ2v) is 6.65. The fraction of sp³-hybridized carbons (Fsp3) is 0.733. The van der Waals surface area contributed by atoms with E-state index in [4.69, 9.17) is 33.1 Å². The SMILES string of the molecule is CN(CCC1CCCC1CCN(C)C(=N)NC(=N)N)C(=N)NC(=N)N. The van der Waals surface area contributed by atoms with Crippen LogP contribution in [0.1, 0.15) is 32.1 Å². The van der Waals surface area contributed by atoms with Gasteiger partial charge in [0.2, 0.25) is 0 Å². The van der Waals surface area contributed by atoms with E-state index >= 15 is 0 Å². The van der Waals surface area contributed by atoms with Gasteiger partial charge in [-0.05, 0) is 24.7 Å². The van der Waals surface area contributed by atoms with Crippen LogP contribution >= 0.6 is 0 Å². The lowest BCUT2D eigenvalue weighted by molar-refractivity contribution is 0.293. The minimum Gasteiger partial charge on any atom is -0.370 e. The molecule has 1 saturated carbocycles. The van der Waals surface area contributed by atoms with Crippen LogP contribution in [0.2, 0.25) is 0 Å². The summed E-state index contributed by atoms with van der Waals surface area (Å²) in [5, 5.41) is 35.0. The van der Waals surface area contributed by atoms with Gasteiger partial charge in [-0.2, -0.15) is 0 Å². The first kappa shape index (κ1) is 20.5. The number of nitrogens with two attached hydrogens (primary N) is 2. The van der Waals surface area contributed by atoms with Crippen molar-refractivity contribution in [1.82, 2.24) is 20.4 Å². The van der Waals surface area contributed by atoms with Crippen molar-refractivity contribution in [2.24, 2.45) is 23.3 Å². The van der Waals surface area contributed by atoms with Crippen LogP contribution in [0.15, 0.2) is 0 Å². The number of hydrogen-bond donors (Lipinski definition) is 8. The average molecular weight is 352 g/mol. The van der Waals surface area contributed by atoms with E-state index in [1.54, 1.807) is 9.80 Å². The monoisotopic (exact) mass is 352 g/mol. The van der Waals surface area contributed by atoms with Crippen molar-refractivity contribution in [2.45, 2.75) is 32.1 Å². The van der Waals surface area contributed by atoms with Crippen molar-refractivity contribution in [2.75, 3.05) is 27.2 Å². The van der Waals surface area contributed by atoms with Gasteiger partial charge in [0.25, 0.3) is 0 Å². The molecule has 2 atom stereocenters.